The van der Waals surface area contributed by atoms with E-state index in [1.54, 1.807) is 12.4 Å². The molecular formula is C17H17N3OS. The highest BCUT2D eigenvalue weighted by atomic mass is 32.1. The van der Waals surface area contributed by atoms with Crippen molar-refractivity contribution >= 4 is 33.0 Å². The van der Waals surface area contributed by atoms with Crippen LogP contribution in [0, 0.1) is 0 Å². The zero-order valence-corrected chi connectivity index (χ0v) is 13.1. The molecule has 0 unspecified atom stereocenters. The molecule has 0 bridgehead atoms. The van der Waals surface area contributed by atoms with Crippen LogP contribution in [0.1, 0.15) is 15.2 Å². The summed E-state index contributed by atoms with van der Waals surface area (Å²) in [5.74, 6) is -0.0795. The molecular weight excluding hydrogens is 294 g/mol. The van der Waals surface area contributed by atoms with Gasteiger partial charge >= 0.3 is 0 Å². The predicted molar refractivity (Wildman–Crippen MR) is 91.6 cm³/mol. The van der Waals surface area contributed by atoms with E-state index < -0.39 is 0 Å². The second kappa shape index (κ2) is 6.68. The fourth-order valence-corrected chi connectivity index (χ4v) is 3.14. The number of benzene rings is 1. The van der Waals surface area contributed by atoms with Crippen molar-refractivity contribution in [3.63, 3.8) is 0 Å². The Morgan fingerprint density at radius 1 is 1.23 bits per heavy atom. The molecule has 0 saturated carbocycles. The predicted octanol–water partition coefficient (Wildman–Crippen LogP) is 3.31. The SMILES string of the molecule is CNCCc1ccc(NC(=O)c2cc3ccncc3s2)cc1. The van der Waals surface area contributed by atoms with Crippen LogP contribution in [0.15, 0.2) is 48.8 Å². The van der Waals surface area contributed by atoms with E-state index in [1.807, 2.05) is 43.4 Å². The largest absolute Gasteiger partial charge is 0.321 e. The summed E-state index contributed by atoms with van der Waals surface area (Å²) in [5, 5.41) is 7.11. The Labute approximate surface area is 133 Å². The van der Waals surface area contributed by atoms with Crippen molar-refractivity contribution in [2.24, 2.45) is 0 Å². The Kier molecular flexibility index (Phi) is 4.46. The Bertz CT molecular complexity index is 747. The number of carbonyl (C=O) groups excluding carboxylic acids is 1. The van der Waals surface area contributed by atoms with Crippen LogP contribution in [0.5, 0.6) is 0 Å². The molecule has 4 nitrogen and oxygen atoms in total. The highest BCUT2D eigenvalue weighted by Crippen LogP contribution is 2.25. The van der Waals surface area contributed by atoms with Crippen molar-refractivity contribution in [1.29, 1.82) is 0 Å². The first-order valence-corrected chi connectivity index (χ1v) is 7.96. The fraction of sp³-hybridized carbons (Fsp3) is 0.176. The van der Waals surface area contributed by atoms with Gasteiger partial charge < -0.3 is 10.6 Å². The minimum absolute atomic E-state index is 0.0795. The van der Waals surface area contributed by atoms with Gasteiger partial charge in [0.1, 0.15) is 0 Å². The molecule has 1 aromatic carbocycles. The van der Waals surface area contributed by atoms with Crippen LogP contribution in [-0.2, 0) is 6.42 Å². The second-order valence-corrected chi connectivity index (χ2v) is 6.11. The Morgan fingerprint density at radius 3 is 2.77 bits per heavy atom. The smallest absolute Gasteiger partial charge is 0.265 e. The van der Waals surface area contributed by atoms with Gasteiger partial charge in [0.05, 0.1) is 9.58 Å². The molecule has 2 N–H and O–H groups in total. The number of hydrogen-bond donors (Lipinski definition) is 2. The number of fused-ring (bicyclic) bond motifs is 1. The maximum absolute atomic E-state index is 12.3. The molecule has 1 amide bonds. The maximum atomic E-state index is 12.3. The number of hydrogen-bond acceptors (Lipinski definition) is 4. The van der Waals surface area contributed by atoms with E-state index in [4.69, 9.17) is 0 Å². The van der Waals surface area contributed by atoms with Gasteiger partial charge in [-0.2, -0.15) is 0 Å². The molecule has 0 saturated heterocycles. The zero-order valence-electron chi connectivity index (χ0n) is 12.3. The monoisotopic (exact) mass is 311 g/mol. The van der Waals surface area contributed by atoms with Crippen LogP contribution < -0.4 is 10.6 Å². The third-order valence-corrected chi connectivity index (χ3v) is 4.51. The lowest BCUT2D eigenvalue weighted by molar-refractivity contribution is 0.103. The summed E-state index contributed by atoms with van der Waals surface area (Å²) < 4.78 is 1.02. The van der Waals surface area contributed by atoms with Crippen molar-refractivity contribution in [3.05, 3.63) is 59.2 Å². The van der Waals surface area contributed by atoms with Crippen LogP contribution >= 0.6 is 11.3 Å². The van der Waals surface area contributed by atoms with Gasteiger partial charge in [-0.3, -0.25) is 9.78 Å². The van der Waals surface area contributed by atoms with Crippen LogP contribution in [0.25, 0.3) is 10.1 Å². The van der Waals surface area contributed by atoms with Crippen molar-refractivity contribution < 1.29 is 4.79 Å². The number of likely N-dealkylation sites (N-methyl/N-ethyl adjacent to an activating group) is 1. The first-order valence-electron chi connectivity index (χ1n) is 7.15. The number of rotatable bonds is 5. The van der Waals surface area contributed by atoms with E-state index in [-0.39, 0.29) is 5.91 Å². The fourth-order valence-electron chi connectivity index (χ4n) is 2.21. The summed E-state index contributed by atoms with van der Waals surface area (Å²) in [6, 6.07) is 11.8. The van der Waals surface area contributed by atoms with Crippen molar-refractivity contribution in [2.45, 2.75) is 6.42 Å². The molecule has 0 aliphatic heterocycles. The molecule has 3 rings (SSSR count). The van der Waals surface area contributed by atoms with Crippen molar-refractivity contribution in [1.82, 2.24) is 10.3 Å². The van der Waals surface area contributed by atoms with Crippen LogP contribution in [0.4, 0.5) is 5.69 Å². The van der Waals surface area contributed by atoms with Crippen molar-refractivity contribution in [2.75, 3.05) is 18.9 Å². The molecule has 0 radical (unpaired) electrons. The summed E-state index contributed by atoms with van der Waals surface area (Å²) in [5.41, 5.74) is 2.06. The second-order valence-electron chi connectivity index (χ2n) is 5.03. The van der Waals surface area contributed by atoms with E-state index in [0.29, 0.717) is 4.88 Å². The maximum Gasteiger partial charge on any atom is 0.265 e. The number of thiophene rings is 1. The van der Waals surface area contributed by atoms with E-state index in [0.717, 1.165) is 28.7 Å². The third kappa shape index (κ3) is 3.32. The van der Waals surface area contributed by atoms with Crippen molar-refractivity contribution in [3.8, 4) is 0 Å². The minimum Gasteiger partial charge on any atom is -0.321 e. The van der Waals surface area contributed by atoms with Gasteiger partial charge in [0.2, 0.25) is 0 Å². The quantitative estimate of drug-likeness (QED) is 0.760. The molecule has 0 aliphatic rings. The molecule has 0 aliphatic carbocycles. The molecule has 5 heteroatoms. The number of aromatic nitrogens is 1. The highest BCUT2D eigenvalue weighted by molar-refractivity contribution is 7.20. The first kappa shape index (κ1) is 14.7. The number of nitrogens with zero attached hydrogens (tertiary/aromatic N) is 1. The van der Waals surface area contributed by atoms with Gasteiger partial charge in [0.25, 0.3) is 5.91 Å². The standard InChI is InChI=1S/C17H17N3OS/c1-18-8-6-12-2-4-14(5-3-12)20-17(21)15-10-13-7-9-19-11-16(13)22-15/h2-5,7,9-11,18H,6,8H2,1H3,(H,20,21). The topological polar surface area (TPSA) is 54.0 Å². The number of nitrogens with one attached hydrogen (secondary N) is 2. The number of anilines is 1. The molecule has 0 atom stereocenters. The molecule has 3 aromatic rings. The van der Waals surface area contributed by atoms with E-state index in [2.05, 4.69) is 15.6 Å². The molecule has 0 spiro atoms. The van der Waals surface area contributed by atoms with E-state index in [9.17, 15) is 4.79 Å². The summed E-state index contributed by atoms with van der Waals surface area (Å²) in [7, 11) is 1.94. The average Bonchev–Trinajstić information content (AvgIpc) is 2.98. The van der Waals surface area contributed by atoms with Gasteiger partial charge in [-0.15, -0.1) is 11.3 Å². The van der Waals surface area contributed by atoms with Gasteiger partial charge in [-0.25, -0.2) is 0 Å². The minimum atomic E-state index is -0.0795. The Hall–Kier alpha value is -2.24. The van der Waals surface area contributed by atoms with E-state index >= 15 is 0 Å². The molecule has 0 fully saturated rings. The molecule has 112 valence electrons. The van der Waals surface area contributed by atoms with Gasteiger partial charge in [-0.1, -0.05) is 12.1 Å². The summed E-state index contributed by atoms with van der Waals surface area (Å²) in [6.07, 6.45) is 4.50. The average molecular weight is 311 g/mol. The zero-order chi connectivity index (χ0) is 15.4. The lowest BCUT2D eigenvalue weighted by atomic mass is 10.1. The lowest BCUT2D eigenvalue weighted by Crippen LogP contribution is -2.11. The molecule has 2 aromatic heterocycles. The summed E-state index contributed by atoms with van der Waals surface area (Å²) in [6.45, 7) is 0.946. The highest BCUT2D eigenvalue weighted by Gasteiger charge is 2.10. The Balaban J connectivity index is 1.70. The van der Waals surface area contributed by atoms with Crippen LogP contribution in [0.2, 0.25) is 0 Å². The number of pyridine rings is 1. The van der Waals surface area contributed by atoms with Crippen LogP contribution in [0.3, 0.4) is 0 Å². The summed E-state index contributed by atoms with van der Waals surface area (Å²) in [4.78, 5) is 17.1. The summed E-state index contributed by atoms with van der Waals surface area (Å²) >= 11 is 1.46. The number of carbonyl (C=O) groups is 1. The van der Waals surface area contributed by atoms with Gasteiger partial charge in [0, 0.05) is 18.1 Å². The Morgan fingerprint density at radius 2 is 2.05 bits per heavy atom. The van der Waals surface area contributed by atoms with Crippen LogP contribution in [-0.4, -0.2) is 24.5 Å². The number of amides is 1. The first-order chi connectivity index (χ1) is 10.8. The third-order valence-electron chi connectivity index (χ3n) is 3.42. The normalized spacial score (nSPS) is 10.8. The van der Waals surface area contributed by atoms with Gasteiger partial charge in [0.15, 0.2) is 0 Å². The lowest BCUT2D eigenvalue weighted by Gasteiger charge is -2.05. The molecule has 2 heterocycles. The van der Waals surface area contributed by atoms with E-state index in [1.165, 1.54) is 16.9 Å². The molecule has 22 heavy (non-hydrogen) atoms. The van der Waals surface area contributed by atoms with Gasteiger partial charge in [-0.05, 0) is 55.2 Å².